The molecule has 0 unspecified atom stereocenters. The first kappa shape index (κ1) is 14.3. The molecule has 0 bridgehead atoms. The lowest BCUT2D eigenvalue weighted by Gasteiger charge is -2.04. The van der Waals surface area contributed by atoms with Gasteiger partial charge in [-0.05, 0) is 17.7 Å². The van der Waals surface area contributed by atoms with Crippen molar-refractivity contribution in [3.63, 3.8) is 0 Å². The molecular formula is C17H14N2O2S. The fourth-order valence-corrected chi connectivity index (χ4v) is 2.81. The third-order valence-corrected chi connectivity index (χ3v) is 3.96. The Morgan fingerprint density at radius 1 is 1.14 bits per heavy atom. The van der Waals surface area contributed by atoms with Crippen molar-refractivity contribution in [1.82, 2.24) is 4.98 Å². The van der Waals surface area contributed by atoms with Gasteiger partial charge in [0.25, 0.3) is 0 Å². The molecule has 0 atom stereocenters. The second-order valence-electron chi connectivity index (χ2n) is 4.62. The van der Waals surface area contributed by atoms with Gasteiger partial charge in [-0.15, -0.1) is 11.3 Å². The van der Waals surface area contributed by atoms with Crippen molar-refractivity contribution in [2.24, 2.45) is 5.16 Å². The minimum Gasteiger partial charge on any atom is -0.487 e. The Morgan fingerprint density at radius 2 is 2.00 bits per heavy atom. The van der Waals surface area contributed by atoms with Gasteiger partial charge in [-0.3, -0.25) is 0 Å². The molecule has 2 aromatic carbocycles. The molecule has 110 valence electrons. The molecule has 1 heterocycles. The molecule has 1 aromatic heterocycles. The number of thiazole rings is 1. The molecule has 22 heavy (non-hydrogen) atoms. The van der Waals surface area contributed by atoms with E-state index in [9.17, 15) is 0 Å². The molecule has 3 rings (SSSR count). The molecule has 0 amide bonds. The topological polar surface area (TPSA) is 54.7 Å². The number of rotatable bonds is 5. The maximum Gasteiger partial charge on any atom is 0.131 e. The lowest BCUT2D eigenvalue weighted by Crippen LogP contribution is -1.96. The van der Waals surface area contributed by atoms with Gasteiger partial charge in [0.2, 0.25) is 0 Å². The van der Waals surface area contributed by atoms with Crippen molar-refractivity contribution in [3.8, 4) is 16.3 Å². The van der Waals surface area contributed by atoms with Gasteiger partial charge in [0.1, 0.15) is 17.4 Å². The maximum atomic E-state index is 8.55. The fraction of sp³-hybridized carbons (Fsp3) is 0.0588. The van der Waals surface area contributed by atoms with E-state index in [0.29, 0.717) is 12.4 Å². The van der Waals surface area contributed by atoms with E-state index in [1.54, 1.807) is 11.3 Å². The van der Waals surface area contributed by atoms with E-state index in [1.807, 2.05) is 60.0 Å². The van der Waals surface area contributed by atoms with Crippen molar-refractivity contribution in [2.75, 3.05) is 0 Å². The van der Waals surface area contributed by atoms with Crippen molar-refractivity contribution in [3.05, 3.63) is 71.2 Å². The Hall–Kier alpha value is -2.66. The minimum absolute atomic E-state index is 0.406. The average molecular weight is 310 g/mol. The van der Waals surface area contributed by atoms with Gasteiger partial charge in [0.15, 0.2) is 0 Å². The number of benzene rings is 2. The molecule has 0 saturated heterocycles. The van der Waals surface area contributed by atoms with Gasteiger partial charge in [-0.1, -0.05) is 47.6 Å². The maximum absolute atomic E-state index is 8.55. The second-order valence-corrected chi connectivity index (χ2v) is 5.47. The largest absolute Gasteiger partial charge is 0.487 e. The fourth-order valence-electron chi connectivity index (χ4n) is 2.00. The molecule has 4 nitrogen and oxygen atoms in total. The summed E-state index contributed by atoms with van der Waals surface area (Å²) in [7, 11) is 0. The first-order valence-electron chi connectivity index (χ1n) is 6.75. The number of hydrogen-bond donors (Lipinski definition) is 1. The first-order chi connectivity index (χ1) is 10.8. The van der Waals surface area contributed by atoms with Gasteiger partial charge in [-0.2, -0.15) is 0 Å². The van der Waals surface area contributed by atoms with Crippen molar-refractivity contribution in [1.29, 1.82) is 0 Å². The standard InChI is InChI=1S/C17H14N2O2S/c20-18-10-13-5-4-8-16(9-13)21-11-15-12-22-17(19-15)14-6-2-1-3-7-14/h1-10,12,20H,11H2. The van der Waals surface area contributed by atoms with Crippen molar-refractivity contribution < 1.29 is 9.94 Å². The van der Waals surface area contributed by atoms with Crippen LogP contribution in [0, 0.1) is 0 Å². The molecule has 5 heteroatoms. The summed E-state index contributed by atoms with van der Waals surface area (Å²) < 4.78 is 5.73. The summed E-state index contributed by atoms with van der Waals surface area (Å²) >= 11 is 1.60. The normalized spacial score (nSPS) is 10.9. The van der Waals surface area contributed by atoms with Crippen LogP contribution >= 0.6 is 11.3 Å². The van der Waals surface area contributed by atoms with Gasteiger partial charge >= 0.3 is 0 Å². The Kier molecular flexibility index (Phi) is 4.46. The van der Waals surface area contributed by atoms with Crippen molar-refractivity contribution in [2.45, 2.75) is 6.61 Å². The summed E-state index contributed by atoms with van der Waals surface area (Å²) in [4.78, 5) is 4.58. The highest BCUT2D eigenvalue weighted by atomic mass is 32.1. The van der Waals surface area contributed by atoms with Crippen LogP contribution in [0.2, 0.25) is 0 Å². The monoisotopic (exact) mass is 310 g/mol. The van der Waals surface area contributed by atoms with E-state index in [1.165, 1.54) is 6.21 Å². The molecule has 0 aliphatic heterocycles. The highest BCUT2D eigenvalue weighted by Gasteiger charge is 2.05. The van der Waals surface area contributed by atoms with E-state index >= 15 is 0 Å². The van der Waals surface area contributed by atoms with Crippen LogP contribution in [-0.2, 0) is 6.61 Å². The van der Waals surface area contributed by atoms with Gasteiger partial charge in [-0.25, -0.2) is 4.98 Å². The zero-order chi connectivity index (χ0) is 15.2. The Morgan fingerprint density at radius 3 is 2.82 bits per heavy atom. The van der Waals surface area contributed by atoms with Crippen LogP contribution in [0.15, 0.2) is 65.1 Å². The highest BCUT2D eigenvalue weighted by molar-refractivity contribution is 7.13. The van der Waals surface area contributed by atoms with E-state index in [0.717, 1.165) is 21.8 Å². The number of hydrogen-bond acceptors (Lipinski definition) is 5. The minimum atomic E-state index is 0.406. The second kappa shape index (κ2) is 6.87. The Balaban J connectivity index is 1.67. The average Bonchev–Trinajstić information content (AvgIpc) is 3.04. The molecular weight excluding hydrogens is 296 g/mol. The van der Waals surface area contributed by atoms with Gasteiger partial charge < -0.3 is 9.94 Å². The van der Waals surface area contributed by atoms with Crippen LogP contribution in [0.25, 0.3) is 10.6 Å². The summed E-state index contributed by atoms with van der Waals surface area (Å²) in [6.45, 7) is 0.406. The summed E-state index contributed by atoms with van der Waals surface area (Å²) in [5.74, 6) is 0.715. The van der Waals surface area contributed by atoms with Gasteiger partial charge in [0.05, 0.1) is 11.9 Å². The lowest BCUT2D eigenvalue weighted by atomic mass is 10.2. The summed E-state index contributed by atoms with van der Waals surface area (Å²) in [6.07, 6.45) is 1.36. The van der Waals surface area contributed by atoms with Crippen LogP contribution in [0.1, 0.15) is 11.3 Å². The number of aromatic nitrogens is 1. The Bertz CT molecular complexity index is 769. The van der Waals surface area contributed by atoms with Crippen LogP contribution in [0.3, 0.4) is 0 Å². The highest BCUT2D eigenvalue weighted by Crippen LogP contribution is 2.24. The molecule has 0 spiro atoms. The van der Waals surface area contributed by atoms with E-state index < -0.39 is 0 Å². The van der Waals surface area contributed by atoms with Crippen LogP contribution in [0.4, 0.5) is 0 Å². The summed E-state index contributed by atoms with van der Waals surface area (Å²) in [5, 5.41) is 14.5. The van der Waals surface area contributed by atoms with Gasteiger partial charge in [0, 0.05) is 10.9 Å². The third kappa shape index (κ3) is 3.51. The first-order valence-corrected chi connectivity index (χ1v) is 7.63. The lowest BCUT2D eigenvalue weighted by molar-refractivity contribution is 0.302. The molecule has 0 saturated carbocycles. The summed E-state index contributed by atoms with van der Waals surface area (Å²) in [5.41, 5.74) is 2.79. The Labute approximate surface area is 132 Å². The van der Waals surface area contributed by atoms with E-state index in [-0.39, 0.29) is 0 Å². The van der Waals surface area contributed by atoms with E-state index in [2.05, 4.69) is 10.1 Å². The molecule has 1 N–H and O–H groups in total. The quantitative estimate of drug-likeness (QED) is 0.436. The van der Waals surface area contributed by atoms with Crippen LogP contribution < -0.4 is 4.74 Å². The molecule has 0 aliphatic rings. The third-order valence-electron chi connectivity index (χ3n) is 3.02. The zero-order valence-electron chi connectivity index (χ0n) is 11.7. The zero-order valence-corrected chi connectivity index (χ0v) is 12.5. The van der Waals surface area contributed by atoms with Crippen molar-refractivity contribution >= 4 is 17.6 Å². The SMILES string of the molecule is ON=Cc1cccc(OCc2csc(-c3ccccc3)n2)c1. The number of nitrogens with zero attached hydrogens (tertiary/aromatic N) is 2. The van der Waals surface area contributed by atoms with Crippen LogP contribution in [-0.4, -0.2) is 16.4 Å². The van der Waals surface area contributed by atoms with Crippen LogP contribution in [0.5, 0.6) is 5.75 Å². The predicted molar refractivity (Wildman–Crippen MR) is 87.7 cm³/mol. The smallest absolute Gasteiger partial charge is 0.131 e. The molecule has 3 aromatic rings. The molecule has 0 aliphatic carbocycles. The summed E-state index contributed by atoms with van der Waals surface area (Å²) in [6, 6.07) is 17.4. The van der Waals surface area contributed by atoms with E-state index in [4.69, 9.17) is 9.94 Å². The predicted octanol–water partition coefficient (Wildman–Crippen LogP) is 4.20. The number of ether oxygens (including phenoxy) is 1. The molecule has 0 radical (unpaired) electrons. The molecule has 0 fully saturated rings. The number of oxime groups is 1.